The molecular formula is C20H21FN2O5. The SMILES string of the molecule is CC(C)(CNC(=O)c1ccccc1OCC(=O)Nc1ccccc1F)C(=O)O. The van der Waals surface area contributed by atoms with Gasteiger partial charge in [0.05, 0.1) is 16.7 Å². The van der Waals surface area contributed by atoms with E-state index in [9.17, 15) is 18.8 Å². The van der Waals surface area contributed by atoms with Gasteiger partial charge in [-0.1, -0.05) is 24.3 Å². The first-order valence-corrected chi connectivity index (χ1v) is 8.48. The molecule has 2 rings (SSSR count). The van der Waals surface area contributed by atoms with Gasteiger partial charge in [-0.2, -0.15) is 0 Å². The van der Waals surface area contributed by atoms with E-state index in [2.05, 4.69) is 10.6 Å². The van der Waals surface area contributed by atoms with E-state index in [1.807, 2.05) is 0 Å². The summed E-state index contributed by atoms with van der Waals surface area (Å²) in [7, 11) is 0. The van der Waals surface area contributed by atoms with Crippen molar-refractivity contribution < 1.29 is 28.6 Å². The van der Waals surface area contributed by atoms with Crippen molar-refractivity contribution in [3.8, 4) is 5.75 Å². The van der Waals surface area contributed by atoms with Crippen molar-refractivity contribution in [3.05, 3.63) is 59.9 Å². The van der Waals surface area contributed by atoms with Gasteiger partial charge in [-0.3, -0.25) is 14.4 Å². The summed E-state index contributed by atoms with van der Waals surface area (Å²) in [6.45, 7) is 2.47. The number of carboxylic acid groups (broad SMARTS) is 1. The van der Waals surface area contributed by atoms with Gasteiger partial charge in [0.2, 0.25) is 0 Å². The molecule has 2 amide bonds. The summed E-state index contributed by atoms with van der Waals surface area (Å²) in [6, 6.07) is 12.0. The van der Waals surface area contributed by atoms with Gasteiger partial charge in [-0.25, -0.2) is 4.39 Å². The highest BCUT2D eigenvalue weighted by molar-refractivity contribution is 5.97. The topological polar surface area (TPSA) is 105 Å². The summed E-state index contributed by atoms with van der Waals surface area (Å²) < 4.78 is 19.0. The Morgan fingerprint density at radius 1 is 1.07 bits per heavy atom. The number of benzene rings is 2. The number of carbonyl (C=O) groups excluding carboxylic acids is 2. The number of ether oxygens (including phenoxy) is 1. The van der Waals surface area contributed by atoms with Crippen LogP contribution in [0, 0.1) is 11.2 Å². The lowest BCUT2D eigenvalue weighted by atomic mass is 9.94. The molecule has 0 atom stereocenters. The first-order chi connectivity index (χ1) is 13.2. The van der Waals surface area contributed by atoms with E-state index in [1.54, 1.807) is 18.2 Å². The van der Waals surface area contributed by atoms with Gasteiger partial charge in [0.1, 0.15) is 11.6 Å². The minimum atomic E-state index is -1.13. The Kier molecular flexibility index (Phi) is 6.70. The molecule has 0 heterocycles. The Hall–Kier alpha value is -3.42. The molecule has 0 saturated carbocycles. The van der Waals surface area contributed by atoms with Crippen LogP contribution >= 0.6 is 0 Å². The second-order valence-electron chi connectivity index (χ2n) is 6.68. The van der Waals surface area contributed by atoms with Crippen molar-refractivity contribution in [2.24, 2.45) is 5.41 Å². The first kappa shape index (κ1) is 20.9. The fourth-order valence-corrected chi connectivity index (χ4v) is 2.14. The summed E-state index contributed by atoms with van der Waals surface area (Å²) in [6.07, 6.45) is 0. The van der Waals surface area contributed by atoms with Crippen LogP contribution < -0.4 is 15.4 Å². The van der Waals surface area contributed by atoms with Crippen molar-refractivity contribution >= 4 is 23.5 Å². The standard InChI is InChI=1S/C20H21FN2O5/c1-20(2,19(26)27)12-22-18(25)13-7-3-6-10-16(13)28-11-17(24)23-15-9-5-4-8-14(15)21/h3-10H,11-12H2,1-2H3,(H,22,25)(H,23,24)(H,26,27). The van der Waals surface area contributed by atoms with E-state index in [-0.39, 0.29) is 23.5 Å². The van der Waals surface area contributed by atoms with E-state index in [4.69, 9.17) is 9.84 Å². The number of anilines is 1. The van der Waals surface area contributed by atoms with Gasteiger partial charge in [-0.05, 0) is 38.1 Å². The summed E-state index contributed by atoms with van der Waals surface area (Å²) in [5, 5.41) is 14.0. The number of carboxylic acids is 1. The van der Waals surface area contributed by atoms with Gasteiger partial charge in [0.25, 0.3) is 11.8 Å². The lowest BCUT2D eigenvalue weighted by Gasteiger charge is -2.20. The minimum absolute atomic E-state index is 0.0260. The third-order valence-corrected chi connectivity index (χ3v) is 3.91. The molecule has 0 unspecified atom stereocenters. The molecule has 3 N–H and O–H groups in total. The predicted molar refractivity (Wildman–Crippen MR) is 101 cm³/mol. The van der Waals surface area contributed by atoms with Crippen molar-refractivity contribution in [1.29, 1.82) is 0 Å². The van der Waals surface area contributed by atoms with Crippen LogP contribution in [0.4, 0.5) is 10.1 Å². The zero-order valence-electron chi connectivity index (χ0n) is 15.5. The number of rotatable bonds is 8. The number of amides is 2. The van der Waals surface area contributed by atoms with Crippen molar-refractivity contribution in [1.82, 2.24) is 5.32 Å². The molecule has 2 aromatic carbocycles. The van der Waals surface area contributed by atoms with Crippen LogP contribution in [0.2, 0.25) is 0 Å². The monoisotopic (exact) mass is 388 g/mol. The molecule has 0 aliphatic carbocycles. The normalized spacial score (nSPS) is 10.8. The molecule has 0 aliphatic heterocycles. The number of nitrogens with one attached hydrogen (secondary N) is 2. The molecule has 0 aliphatic rings. The van der Waals surface area contributed by atoms with Crippen LogP contribution in [0.3, 0.4) is 0 Å². The molecule has 148 valence electrons. The molecule has 2 aromatic rings. The number of para-hydroxylation sites is 2. The van der Waals surface area contributed by atoms with Gasteiger partial charge in [0, 0.05) is 6.54 Å². The summed E-state index contributed by atoms with van der Waals surface area (Å²) in [4.78, 5) is 35.5. The molecule has 0 bridgehead atoms. The van der Waals surface area contributed by atoms with Gasteiger partial charge in [-0.15, -0.1) is 0 Å². The van der Waals surface area contributed by atoms with E-state index in [1.165, 1.54) is 44.2 Å². The lowest BCUT2D eigenvalue weighted by Crippen LogP contribution is -2.39. The van der Waals surface area contributed by atoms with E-state index < -0.39 is 35.6 Å². The zero-order valence-corrected chi connectivity index (χ0v) is 15.5. The third kappa shape index (κ3) is 5.54. The van der Waals surface area contributed by atoms with Gasteiger partial charge in [0.15, 0.2) is 6.61 Å². The van der Waals surface area contributed by atoms with E-state index in [0.717, 1.165) is 0 Å². The molecule has 0 aromatic heterocycles. The highest BCUT2D eigenvalue weighted by Gasteiger charge is 2.28. The number of aliphatic carboxylic acids is 1. The number of halogens is 1. The summed E-state index contributed by atoms with van der Waals surface area (Å²) in [5.74, 6) is -2.58. The van der Waals surface area contributed by atoms with Gasteiger partial charge < -0.3 is 20.5 Å². The Morgan fingerprint density at radius 3 is 2.39 bits per heavy atom. The quantitative estimate of drug-likeness (QED) is 0.645. The molecule has 0 spiro atoms. The lowest BCUT2D eigenvalue weighted by molar-refractivity contribution is -0.146. The van der Waals surface area contributed by atoms with Crippen LogP contribution in [0.25, 0.3) is 0 Å². The minimum Gasteiger partial charge on any atom is -0.483 e. The molecular weight excluding hydrogens is 367 g/mol. The maximum atomic E-state index is 13.6. The average Bonchev–Trinajstić information content (AvgIpc) is 2.66. The second kappa shape index (κ2) is 8.98. The van der Waals surface area contributed by atoms with Crippen molar-refractivity contribution in [3.63, 3.8) is 0 Å². The number of carbonyl (C=O) groups is 3. The van der Waals surface area contributed by atoms with Crippen LogP contribution in [-0.4, -0.2) is 36.0 Å². The van der Waals surface area contributed by atoms with Crippen LogP contribution in [0.1, 0.15) is 24.2 Å². The van der Waals surface area contributed by atoms with Crippen LogP contribution in [0.5, 0.6) is 5.75 Å². The molecule has 8 heteroatoms. The van der Waals surface area contributed by atoms with E-state index >= 15 is 0 Å². The van der Waals surface area contributed by atoms with E-state index in [0.29, 0.717) is 0 Å². The highest BCUT2D eigenvalue weighted by atomic mass is 19.1. The van der Waals surface area contributed by atoms with Crippen LogP contribution in [0.15, 0.2) is 48.5 Å². The Labute approximate surface area is 161 Å². The fraction of sp³-hybridized carbons (Fsp3) is 0.250. The number of hydrogen-bond acceptors (Lipinski definition) is 4. The number of hydrogen-bond donors (Lipinski definition) is 3. The summed E-state index contributed by atoms with van der Waals surface area (Å²) >= 11 is 0. The smallest absolute Gasteiger partial charge is 0.310 e. The third-order valence-electron chi connectivity index (χ3n) is 3.91. The van der Waals surface area contributed by atoms with Crippen LogP contribution in [-0.2, 0) is 9.59 Å². The molecule has 0 saturated heterocycles. The maximum absolute atomic E-state index is 13.6. The largest absolute Gasteiger partial charge is 0.483 e. The molecule has 28 heavy (non-hydrogen) atoms. The molecule has 0 fully saturated rings. The fourth-order valence-electron chi connectivity index (χ4n) is 2.14. The average molecular weight is 388 g/mol. The Bertz CT molecular complexity index is 882. The predicted octanol–water partition coefficient (Wildman–Crippen LogP) is 2.68. The molecule has 7 nitrogen and oxygen atoms in total. The van der Waals surface area contributed by atoms with Crippen molar-refractivity contribution in [2.75, 3.05) is 18.5 Å². The van der Waals surface area contributed by atoms with Crippen molar-refractivity contribution in [2.45, 2.75) is 13.8 Å². The Balaban J connectivity index is 1.99. The zero-order chi connectivity index (χ0) is 20.7. The first-order valence-electron chi connectivity index (χ1n) is 8.48. The maximum Gasteiger partial charge on any atom is 0.310 e. The molecule has 0 radical (unpaired) electrons. The highest BCUT2D eigenvalue weighted by Crippen LogP contribution is 2.19. The summed E-state index contributed by atoms with van der Waals surface area (Å²) in [5.41, 5.74) is -0.953. The second-order valence-corrected chi connectivity index (χ2v) is 6.68. The van der Waals surface area contributed by atoms with Gasteiger partial charge >= 0.3 is 5.97 Å². The Morgan fingerprint density at radius 2 is 1.71 bits per heavy atom.